The third kappa shape index (κ3) is 9.64. The molecule has 2 aromatic heterocycles. The molecule has 5 nitrogen and oxygen atoms in total. The van der Waals surface area contributed by atoms with Crippen molar-refractivity contribution in [2.75, 3.05) is 0 Å². The van der Waals surface area contributed by atoms with E-state index in [0.717, 1.165) is 65.6 Å². The molecule has 3 aromatic carbocycles. The van der Waals surface area contributed by atoms with Gasteiger partial charge in [0.25, 0.3) is 0 Å². The third-order valence-corrected chi connectivity index (χ3v) is 10.7. The zero-order chi connectivity index (χ0) is 36.9. The van der Waals surface area contributed by atoms with Gasteiger partial charge in [-0.25, -0.2) is 4.98 Å². The standard InChI is InChI=1S/C30H29N2O.C15H28O2.Ir/c1-19(2)12-23-17-33-29-15-21(10-11-25(23)29)27-16-28(32-18-31-27)22-13-20-8-6-7-9-24(20)26(14-22)30(3,4)5;1-7-14(5,8-2)12(16)11-13(17)15(6,9-3)10-4;/h6-11,14-19H,12H2,1-5H3;11,16H,7-10H2,1-6H3;/q-1;;/b;12-11-;. The fraction of sp³-hybridized carbons (Fsp3) is 0.444. The van der Waals surface area contributed by atoms with E-state index in [1.54, 1.807) is 6.33 Å². The molecule has 0 saturated heterocycles. The number of benzene rings is 3. The van der Waals surface area contributed by atoms with Gasteiger partial charge in [-0.2, -0.15) is 0 Å². The minimum atomic E-state index is -0.337. The van der Waals surface area contributed by atoms with Crippen LogP contribution in [0.5, 0.6) is 0 Å². The Hall–Kier alpha value is -3.60. The van der Waals surface area contributed by atoms with Crippen LogP contribution in [0.4, 0.5) is 0 Å². The van der Waals surface area contributed by atoms with Crippen molar-refractivity contribution >= 4 is 27.5 Å². The number of aliphatic hydroxyl groups is 1. The predicted octanol–water partition coefficient (Wildman–Crippen LogP) is 12.7. The van der Waals surface area contributed by atoms with Crippen LogP contribution in [-0.4, -0.2) is 20.9 Å². The van der Waals surface area contributed by atoms with Crippen molar-refractivity contribution in [3.05, 3.63) is 96.2 Å². The fourth-order valence-corrected chi connectivity index (χ4v) is 6.17. The van der Waals surface area contributed by atoms with Gasteiger partial charge in [0.05, 0.1) is 12.0 Å². The van der Waals surface area contributed by atoms with Crippen molar-refractivity contribution in [3.8, 4) is 22.5 Å². The second-order valence-corrected chi connectivity index (χ2v) is 15.7. The van der Waals surface area contributed by atoms with Crippen LogP contribution in [0.3, 0.4) is 0 Å². The molecule has 0 atom stereocenters. The molecule has 0 aliphatic heterocycles. The first-order chi connectivity index (χ1) is 23.6. The molecule has 6 heteroatoms. The quantitative estimate of drug-likeness (QED) is 0.0813. The minimum Gasteiger partial charge on any atom is -0.512 e. The number of allylic oxidation sites excluding steroid dienone is 2. The molecule has 0 aliphatic rings. The molecule has 2 heterocycles. The normalized spacial score (nSPS) is 12.5. The molecular weight excluding hydrogens is 809 g/mol. The summed E-state index contributed by atoms with van der Waals surface area (Å²) < 4.78 is 5.88. The number of carbonyl (C=O) groups is 1. The Morgan fingerprint density at radius 3 is 2.08 bits per heavy atom. The summed E-state index contributed by atoms with van der Waals surface area (Å²) in [6, 6.07) is 22.6. The van der Waals surface area contributed by atoms with E-state index in [9.17, 15) is 9.90 Å². The first-order valence-corrected chi connectivity index (χ1v) is 18.3. The van der Waals surface area contributed by atoms with Gasteiger partial charge in [-0.1, -0.05) is 117 Å². The van der Waals surface area contributed by atoms with E-state index in [2.05, 4.69) is 99.2 Å². The van der Waals surface area contributed by atoms with Crippen molar-refractivity contribution in [2.45, 2.75) is 114 Å². The summed E-state index contributed by atoms with van der Waals surface area (Å²) in [6.07, 6.45) is 9.29. The molecule has 0 saturated carbocycles. The Morgan fingerprint density at radius 2 is 1.47 bits per heavy atom. The summed E-state index contributed by atoms with van der Waals surface area (Å²) in [5, 5.41) is 13.7. The van der Waals surface area contributed by atoms with Gasteiger partial charge in [0.2, 0.25) is 0 Å². The molecule has 0 amide bonds. The molecule has 1 radical (unpaired) electrons. The van der Waals surface area contributed by atoms with Gasteiger partial charge in [-0.3, -0.25) is 9.78 Å². The van der Waals surface area contributed by atoms with E-state index in [1.165, 1.54) is 28.0 Å². The van der Waals surface area contributed by atoms with Crippen LogP contribution < -0.4 is 0 Å². The predicted molar refractivity (Wildman–Crippen MR) is 209 cm³/mol. The average Bonchev–Trinajstić information content (AvgIpc) is 3.51. The van der Waals surface area contributed by atoms with Crippen LogP contribution in [0.15, 0.2) is 83.4 Å². The number of hydrogen-bond acceptors (Lipinski definition) is 5. The molecule has 5 aromatic rings. The van der Waals surface area contributed by atoms with Crippen LogP contribution in [0.25, 0.3) is 44.3 Å². The van der Waals surface area contributed by atoms with Crippen LogP contribution in [0.2, 0.25) is 0 Å². The number of carbonyl (C=O) groups excluding carboxylic acids is 1. The second-order valence-electron chi connectivity index (χ2n) is 15.7. The van der Waals surface area contributed by atoms with Gasteiger partial charge in [-0.05, 0) is 61.1 Å². The number of aliphatic hydroxyl groups excluding tert-OH is 1. The Labute approximate surface area is 319 Å². The molecule has 275 valence electrons. The van der Waals surface area contributed by atoms with Gasteiger partial charge < -0.3 is 9.52 Å². The zero-order valence-electron chi connectivity index (χ0n) is 32.5. The minimum absolute atomic E-state index is 0. The Morgan fingerprint density at radius 1 is 0.843 bits per heavy atom. The van der Waals surface area contributed by atoms with Gasteiger partial charge >= 0.3 is 0 Å². The maximum Gasteiger partial charge on any atom is 0.164 e. The number of hydrogen-bond donors (Lipinski definition) is 1. The maximum absolute atomic E-state index is 12.2. The van der Waals surface area contributed by atoms with Gasteiger partial charge in [0.15, 0.2) is 5.78 Å². The number of ketones is 1. The molecule has 0 spiro atoms. The summed E-state index contributed by atoms with van der Waals surface area (Å²) in [5.74, 6) is 0.875. The third-order valence-electron chi connectivity index (χ3n) is 10.7. The largest absolute Gasteiger partial charge is 0.512 e. The Bertz CT molecular complexity index is 1960. The molecule has 0 unspecified atom stereocenters. The SMILES string of the molecule is CC(C)Cc1coc2cc(-c3cc(-c4[c-]c5ccccc5c(C(C)(C)C)c4)ncn3)ccc12.CCC(C)(CC)C(=O)/C=C(\O)C(C)(CC)CC.[Ir]. The summed E-state index contributed by atoms with van der Waals surface area (Å²) in [5.41, 5.74) is 6.62. The molecule has 0 fully saturated rings. The Balaban J connectivity index is 0.000000335. The van der Waals surface area contributed by atoms with Gasteiger partial charge in [0, 0.05) is 53.7 Å². The van der Waals surface area contributed by atoms with Crippen molar-refractivity contribution in [2.24, 2.45) is 16.7 Å². The number of rotatable bonds is 11. The van der Waals surface area contributed by atoms with E-state index in [-0.39, 0.29) is 47.9 Å². The molecule has 0 bridgehead atoms. The number of nitrogens with zero attached hydrogens (tertiary/aromatic N) is 2. The first-order valence-electron chi connectivity index (χ1n) is 18.3. The van der Waals surface area contributed by atoms with Crippen LogP contribution in [-0.2, 0) is 36.7 Å². The molecule has 51 heavy (non-hydrogen) atoms. The number of furan rings is 1. The topological polar surface area (TPSA) is 76.2 Å². The van der Waals surface area contributed by atoms with E-state index >= 15 is 0 Å². The molecule has 0 aliphatic carbocycles. The summed E-state index contributed by atoms with van der Waals surface area (Å²) >= 11 is 0. The maximum atomic E-state index is 12.2. The van der Waals surface area contributed by atoms with Gasteiger partial charge in [0.1, 0.15) is 17.7 Å². The van der Waals surface area contributed by atoms with E-state index < -0.39 is 0 Å². The van der Waals surface area contributed by atoms with Crippen LogP contribution >= 0.6 is 0 Å². The molecule has 5 rings (SSSR count). The van der Waals surface area contributed by atoms with Crippen molar-refractivity contribution < 1.29 is 34.4 Å². The van der Waals surface area contributed by atoms with Gasteiger partial charge in [-0.15, -0.1) is 29.1 Å². The summed E-state index contributed by atoms with van der Waals surface area (Å²) in [4.78, 5) is 21.3. The summed E-state index contributed by atoms with van der Waals surface area (Å²) in [6.45, 7) is 23.3. The van der Waals surface area contributed by atoms with Crippen molar-refractivity contribution in [3.63, 3.8) is 0 Å². The molecular formula is C45H57IrN2O3-. The summed E-state index contributed by atoms with van der Waals surface area (Å²) in [7, 11) is 0. The first kappa shape index (κ1) is 41.8. The number of fused-ring (bicyclic) bond motifs is 2. The van der Waals surface area contributed by atoms with Crippen molar-refractivity contribution in [1.29, 1.82) is 0 Å². The van der Waals surface area contributed by atoms with Crippen molar-refractivity contribution in [1.82, 2.24) is 9.97 Å². The monoisotopic (exact) mass is 866 g/mol. The average molecular weight is 866 g/mol. The number of aromatic nitrogens is 2. The zero-order valence-corrected chi connectivity index (χ0v) is 34.9. The molecule has 1 N–H and O–H groups in total. The van der Waals surface area contributed by atoms with Crippen LogP contribution in [0.1, 0.15) is 113 Å². The van der Waals surface area contributed by atoms with E-state index in [0.29, 0.717) is 5.92 Å². The smallest absolute Gasteiger partial charge is 0.164 e. The van der Waals surface area contributed by atoms with E-state index in [1.807, 2.05) is 53.9 Å². The fourth-order valence-electron chi connectivity index (χ4n) is 6.17. The van der Waals surface area contributed by atoms with E-state index in [4.69, 9.17) is 4.42 Å². The van der Waals surface area contributed by atoms with Crippen LogP contribution in [0, 0.1) is 22.8 Å². The Kier molecular flexibility index (Phi) is 14.2. The second kappa shape index (κ2) is 17.3.